The van der Waals surface area contributed by atoms with Gasteiger partial charge in [-0.1, -0.05) is 6.92 Å². The average molecular weight is 313 g/mol. The summed E-state index contributed by atoms with van der Waals surface area (Å²) in [4.78, 5) is 14.2. The van der Waals surface area contributed by atoms with Crippen LogP contribution < -0.4 is 0 Å². The normalized spacial score (nSPS) is 30.2. The third-order valence-corrected chi connectivity index (χ3v) is 4.25. The van der Waals surface area contributed by atoms with Gasteiger partial charge in [-0.25, -0.2) is 4.79 Å². The van der Waals surface area contributed by atoms with Crippen LogP contribution in [0.5, 0.6) is 0 Å². The molecular weight excluding hydrogens is 282 g/mol. The van der Waals surface area contributed by atoms with Crippen LogP contribution in [-0.2, 0) is 14.2 Å². The number of nitrogens with zero attached hydrogens (tertiary/aromatic N) is 1. The largest absolute Gasteiger partial charge is 0.444 e. The number of hydrogen-bond donors (Lipinski definition) is 0. The first-order valence-electron chi connectivity index (χ1n) is 8.65. The predicted octanol–water partition coefficient (Wildman–Crippen LogP) is 3.71. The maximum atomic E-state index is 12.3. The number of carbonyl (C=O) groups excluding carboxylic acids is 1. The molecule has 3 atom stereocenters. The van der Waals surface area contributed by atoms with Crippen molar-refractivity contribution in [3.05, 3.63) is 0 Å². The number of carbonyl (C=O) groups is 1. The van der Waals surface area contributed by atoms with E-state index in [4.69, 9.17) is 14.2 Å². The van der Waals surface area contributed by atoms with Crippen molar-refractivity contribution < 1.29 is 19.0 Å². The van der Waals surface area contributed by atoms with Gasteiger partial charge >= 0.3 is 6.09 Å². The summed E-state index contributed by atoms with van der Waals surface area (Å²) in [5, 5.41) is 0. The second-order valence-electron chi connectivity index (χ2n) is 7.31. The van der Waals surface area contributed by atoms with Gasteiger partial charge in [0.2, 0.25) is 0 Å². The summed E-state index contributed by atoms with van der Waals surface area (Å²) in [6, 6.07) is 0.192. The molecule has 22 heavy (non-hydrogen) atoms. The van der Waals surface area contributed by atoms with Crippen molar-refractivity contribution >= 4 is 6.09 Å². The highest BCUT2D eigenvalue weighted by Crippen LogP contribution is 2.27. The minimum atomic E-state index is -0.446. The van der Waals surface area contributed by atoms with Crippen molar-refractivity contribution in [2.75, 3.05) is 13.2 Å². The van der Waals surface area contributed by atoms with Crippen molar-refractivity contribution in [1.29, 1.82) is 0 Å². The number of hydrogen-bond acceptors (Lipinski definition) is 4. The van der Waals surface area contributed by atoms with Gasteiger partial charge in [0, 0.05) is 19.2 Å². The molecule has 0 aliphatic carbocycles. The van der Waals surface area contributed by atoms with Crippen molar-refractivity contribution in [3.63, 3.8) is 0 Å². The van der Waals surface area contributed by atoms with Crippen molar-refractivity contribution in [2.24, 2.45) is 0 Å². The number of rotatable bonds is 3. The van der Waals surface area contributed by atoms with E-state index >= 15 is 0 Å². The molecule has 0 bridgehead atoms. The first-order chi connectivity index (χ1) is 10.4. The third kappa shape index (κ3) is 5.13. The van der Waals surface area contributed by atoms with Gasteiger partial charge in [0.15, 0.2) is 6.29 Å². The van der Waals surface area contributed by atoms with Crippen molar-refractivity contribution in [1.82, 2.24) is 4.90 Å². The second-order valence-corrected chi connectivity index (χ2v) is 7.31. The maximum Gasteiger partial charge on any atom is 0.410 e. The number of likely N-dealkylation sites (tertiary alicyclic amines) is 1. The van der Waals surface area contributed by atoms with E-state index in [1.165, 1.54) is 6.42 Å². The Labute approximate surface area is 134 Å². The van der Waals surface area contributed by atoms with Crippen molar-refractivity contribution in [3.8, 4) is 0 Å². The molecule has 2 fully saturated rings. The molecule has 0 spiro atoms. The number of piperidine rings is 1. The monoisotopic (exact) mass is 313 g/mol. The van der Waals surface area contributed by atoms with E-state index < -0.39 is 5.60 Å². The van der Waals surface area contributed by atoms with Gasteiger partial charge in [-0.2, -0.15) is 0 Å². The smallest absolute Gasteiger partial charge is 0.410 e. The lowest BCUT2D eigenvalue weighted by Gasteiger charge is -2.40. The van der Waals surface area contributed by atoms with E-state index in [2.05, 4.69) is 6.92 Å². The zero-order chi connectivity index (χ0) is 16.2. The lowest BCUT2D eigenvalue weighted by Crippen LogP contribution is -2.50. The maximum absolute atomic E-state index is 12.3. The zero-order valence-electron chi connectivity index (χ0n) is 14.5. The van der Waals surface area contributed by atoms with Gasteiger partial charge in [0.05, 0.1) is 6.10 Å². The summed E-state index contributed by atoms with van der Waals surface area (Å²) in [6.45, 7) is 9.33. The van der Waals surface area contributed by atoms with E-state index in [0.29, 0.717) is 6.54 Å². The molecule has 0 saturated carbocycles. The summed E-state index contributed by atoms with van der Waals surface area (Å²) < 4.78 is 17.3. The Kier molecular flexibility index (Phi) is 6.09. The van der Waals surface area contributed by atoms with Crippen LogP contribution in [-0.4, -0.2) is 48.2 Å². The second kappa shape index (κ2) is 7.64. The quantitative estimate of drug-likeness (QED) is 0.797. The topological polar surface area (TPSA) is 48.0 Å². The van der Waals surface area contributed by atoms with E-state index in [1.807, 2.05) is 25.7 Å². The van der Waals surface area contributed by atoms with Gasteiger partial charge in [-0.15, -0.1) is 0 Å². The molecule has 5 heteroatoms. The molecule has 0 N–H and O–H groups in total. The van der Waals surface area contributed by atoms with Crippen LogP contribution >= 0.6 is 0 Å². The Morgan fingerprint density at radius 2 is 2.05 bits per heavy atom. The van der Waals surface area contributed by atoms with Crippen LogP contribution in [0.1, 0.15) is 66.2 Å². The number of ether oxygens (including phenoxy) is 3. The molecule has 2 saturated heterocycles. The molecule has 2 aliphatic heterocycles. The molecule has 0 aromatic heterocycles. The molecule has 5 nitrogen and oxygen atoms in total. The Hall–Kier alpha value is -0.810. The van der Waals surface area contributed by atoms with Crippen LogP contribution in [0.4, 0.5) is 4.79 Å². The number of amides is 1. The van der Waals surface area contributed by atoms with Crippen LogP contribution in [0.2, 0.25) is 0 Å². The Balaban J connectivity index is 1.86. The van der Waals surface area contributed by atoms with Crippen LogP contribution in [0, 0.1) is 0 Å². The van der Waals surface area contributed by atoms with Gasteiger partial charge in [-0.05, 0) is 59.3 Å². The predicted molar refractivity (Wildman–Crippen MR) is 84.7 cm³/mol. The van der Waals surface area contributed by atoms with Crippen molar-refractivity contribution in [2.45, 2.75) is 90.3 Å². The minimum absolute atomic E-state index is 0.0515. The Bertz CT molecular complexity index is 360. The molecule has 3 unspecified atom stereocenters. The zero-order valence-corrected chi connectivity index (χ0v) is 14.5. The highest BCUT2D eigenvalue weighted by Gasteiger charge is 2.34. The van der Waals surface area contributed by atoms with Crippen LogP contribution in [0.25, 0.3) is 0 Å². The first-order valence-corrected chi connectivity index (χ1v) is 8.65. The van der Waals surface area contributed by atoms with Gasteiger partial charge in [-0.3, -0.25) is 0 Å². The van der Waals surface area contributed by atoms with E-state index in [-0.39, 0.29) is 24.5 Å². The fourth-order valence-electron chi connectivity index (χ4n) is 3.12. The summed E-state index contributed by atoms with van der Waals surface area (Å²) in [5.41, 5.74) is -0.446. The molecule has 2 rings (SSSR count). The summed E-state index contributed by atoms with van der Waals surface area (Å²) >= 11 is 0. The molecule has 0 radical (unpaired) electrons. The van der Waals surface area contributed by atoms with Crippen LogP contribution in [0.3, 0.4) is 0 Å². The first kappa shape index (κ1) is 17.5. The van der Waals surface area contributed by atoms with Crippen LogP contribution in [0.15, 0.2) is 0 Å². The summed E-state index contributed by atoms with van der Waals surface area (Å²) in [7, 11) is 0. The van der Waals surface area contributed by atoms with Gasteiger partial charge < -0.3 is 19.1 Å². The van der Waals surface area contributed by atoms with Gasteiger partial charge in [0.25, 0.3) is 0 Å². The highest BCUT2D eigenvalue weighted by atomic mass is 16.7. The van der Waals surface area contributed by atoms with E-state index in [1.54, 1.807) is 0 Å². The van der Waals surface area contributed by atoms with Gasteiger partial charge in [0.1, 0.15) is 5.60 Å². The molecule has 128 valence electrons. The Morgan fingerprint density at radius 1 is 1.27 bits per heavy atom. The molecule has 1 amide bonds. The summed E-state index contributed by atoms with van der Waals surface area (Å²) in [6.07, 6.45) is 5.88. The molecule has 2 aliphatic rings. The van der Waals surface area contributed by atoms with E-state index in [9.17, 15) is 4.79 Å². The minimum Gasteiger partial charge on any atom is -0.444 e. The lowest BCUT2D eigenvalue weighted by atomic mass is 9.97. The standard InChI is InChI=1S/C17H31NO4/c1-5-13-12-14(21-15-8-6-7-11-20-15)9-10-18(13)16(19)22-17(2,3)4/h13-15H,5-12H2,1-4H3. The molecule has 0 aromatic carbocycles. The molecular formula is C17H31NO4. The Morgan fingerprint density at radius 3 is 2.64 bits per heavy atom. The SMILES string of the molecule is CCC1CC(OC2CCCCO2)CCN1C(=O)OC(C)(C)C. The average Bonchev–Trinajstić information content (AvgIpc) is 2.46. The molecule has 2 heterocycles. The fourth-order valence-corrected chi connectivity index (χ4v) is 3.12. The fraction of sp³-hybridized carbons (Fsp3) is 0.941. The van der Waals surface area contributed by atoms with E-state index in [0.717, 1.165) is 38.7 Å². The summed E-state index contributed by atoms with van der Waals surface area (Å²) in [5.74, 6) is 0. The third-order valence-electron chi connectivity index (χ3n) is 4.25. The molecule has 0 aromatic rings. The highest BCUT2D eigenvalue weighted by molar-refractivity contribution is 5.68. The lowest BCUT2D eigenvalue weighted by molar-refractivity contribution is -0.197.